The highest BCUT2D eigenvalue weighted by atomic mass is 32.2. The fraction of sp³-hybridized carbons (Fsp3) is 0.407. The number of benzene rings is 1. The maximum atomic E-state index is 13.6. The van der Waals surface area contributed by atoms with E-state index in [4.69, 9.17) is 9.72 Å². The van der Waals surface area contributed by atoms with Gasteiger partial charge in [-0.15, -0.1) is 0 Å². The van der Waals surface area contributed by atoms with E-state index in [2.05, 4.69) is 16.1 Å². The Bertz CT molecular complexity index is 1460. The van der Waals surface area contributed by atoms with Crippen molar-refractivity contribution in [2.24, 2.45) is 7.05 Å². The first kappa shape index (κ1) is 23.4. The van der Waals surface area contributed by atoms with Gasteiger partial charge in [0.1, 0.15) is 0 Å². The van der Waals surface area contributed by atoms with Crippen LogP contribution in [0.25, 0.3) is 22.2 Å². The Kier molecular flexibility index (Phi) is 6.15. The molecular formula is C27H31N5O3S. The lowest BCUT2D eigenvalue weighted by molar-refractivity contribution is 0.00729. The lowest BCUT2D eigenvalue weighted by Gasteiger charge is -2.38. The van der Waals surface area contributed by atoms with Gasteiger partial charge in [-0.1, -0.05) is 18.2 Å². The van der Waals surface area contributed by atoms with Crippen molar-refractivity contribution in [3.63, 3.8) is 0 Å². The number of ether oxygens (including phenoxy) is 1. The molecule has 0 atom stereocenters. The first-order valence-corrected chi connectivity index (χ1v) is 14.1. The molecule has 0 spiro atoms. The van der Waals surface area contributed by atoms with Crippen LogP contribution in [-0.2, 0) is 21.8 Å². The largest absolute Gasteiger partial charge is 0.379 e. The molecule has 36 heavy (non-hydrogen) atoms. The number of hydrogen-bond acceptors (Lipinski definition) is 6. The van der Waals surface area contributed by atoms with E-state index >= 15 is 0 Å². The van der Waals surface area contributed by atoms with Crippen molar-refractivity contribution in [2.75, 3.05) is 26.3 Å². The summed E-state index contributed by atoms with van der Waals surface area (Å²) in [6, 6.07) is 11.3. The fourth-order valence-electron chi connectivity index (χ4n) is 5.72. The standard InChI is InChI=1S/C27H31N5O3S/c1-30-18-22(17-29-30)26-19-32(36(33,34)24-5-3-2-4-6-24)27-25(26)15-21(16-28-27)20-7-9-23(10-8-20)31-11-13-35-14-12-31/h2-6,15-20,23H,7-14H2,1H3/t20-,23-. The van der Waals surface area contributed by atoms with Gasteiger partial charge in [-0.05, 0) is 55.4 Å². The molecule has 3 aromatic heterocycles. The SMILES string of the molecule is Cn1cc(-c2cn(S(=O)(=O)c3ccccc3)c3ncc([C@H]4CC[C@H](N5CCOCC5)CC4)cc23)cn1. The molecule has 1 aliphatic heterocycles. The molecule has 4 aromatic rings. The van der Waals surface area contributed by atoms with Gasteiger partial charge in [0.05, 0.1) is 24.3 Å². The molecule has 0 unspecified atom stereocenters. The molecule has 6 rings (SSSR count). The van der Waals surface area contributed by atoms with E-state index in [-0.39, 0.29) is 4.90 Å². The highest BCUT2D eigenvalue weighted by Crippen LogP contribution is 2.38. The quantitative estimate of drug-likeness (QED) is 0.407. The van der Waals surface area contributed by atoms with E-state index in [1.165, 1.54) is 22.4 Å². The van der Waals surface area contributed by atoms with Crippen molar-refractivity contribution < 1.29 is 13.2 Å². The smallest absolute Gasteiger partial charge is 0.269 e. The van der Waals surface area contributed by atoms with Gasteiger partial charge in [-0.25, -0.2) is 17.4 Å². The van der Waals surface area contributed by atoms with Crippen LogP contribution in [0.4, 0.5) is 0 Å². The van der Waals surface area contributed by atoms with Gasteiger partial charge in [0.15, 0.2) is 5.65 Å². The Labute approximate surface area is 211 Å². The summed E-state index contributed by atoms with van der Waals surface area (Å²) in [5, 5.41) is 5.16. The first-order valence-electron chi connectivity index (χ1n) is 12.6. The molecule has 0 bridgehead atoms. The molecule has 0 N–H and O–H groups in total. The molecule has 0 radical (unpaired) electrons. The summed E-state index contributed by atoms with van der Waals surface area (Å²) in [5.74, 6) is 0.426. The van der Waals surface area contributed by atoms with Gasteiger partial charge < -0.3 is 4.74 Å². The second-order valence-corrected chi connectivity index (χ2v) is 11.7. The van der Waals surface area contributed by atoms with Crippen LogP contribution >= 0.6 is 0 Å². The molecule has 8 nitrogen and oxygen atoms in total. The Balaban J connectivity index is 1.36. The number of pyridine rings is 1. The van der Waals surface area contributed by atoms with E-state index in [0.717, 1.165) is 55.7 Å². The minimum absolute atomic E-state index is 0.243. The van der Waals surface area contributed by atoms with E-state index in [1.807, 2.05) is 25.5 Å². The van der Waals surface area contributed by atoms with Gasteiger partial charge in [-0.2, -0.15) is 5.10 Å². The number of aromatic nitrogens is 4. The van der Waals surface area contributed by atoms with Crippen molar-refractivity contribution >= 4 is 21.1 Å². The molecule has 1 aliphatic carbocycles. The minimum Gasteiger partial charge on any atom is -0.379 e. The maximum Gasteiger partial charge on any atom is 0.269 e. The fourth-order valence-corrected chi connectivity index (χ4v) is 7.06. The van der Waals surface area contributed by atoms with E-state index in [9.17, 15) is 8.42 Å². The van der Waals surface area contributed by atoms with Crippen LogP contribution in [0, 0.1) is 0 Å². The highest BCUT2D eigenvalue weighted by Gasteiger charge is 2.29. The van der Waals surface area contributed by atoms with Gasteiger partial charge in [-0.3, -0.25) is 9.58 Å². The summed E-state index contributed by atoms with van der Waals surface area (Å²) in [4.78, 5) is 7.56. The third kappa shape index (κ3) is 4.25. The van der Waals surface area contributed by atoms with Crippen LogP contribution < -0.4 is 0 Å². The van der Waals surface area contributed by atoms with Gasteiger partial charge >= 0.3 is 0 Å². The molecule has 1 aromatic carbocycles. The minimum atomic E-state index is -3.79. The lowest BCUT2D eigenvalue weighted by atomic mass is 9.81. The summed E-state index contributed by atoms with van der Waals surface area (Å²) in [6.45, 7) is 3.72. The zero-order chi connectivity index (χ0) is 24.7. The van der Waals surface area contributed by atoms with Crippen LogP contribution in [0.15, 0.2) is 66.1 Å². The zero-order valence-corrected chi connectivity index (χ0v) is 21.3. The van der Waals surface area contributed by atoms with Crippen molar-refractivity contribution in [1.29, 1.82) is 0 Å². The molecule has 188 valence electrons. The molecule has 4 heterocycles. The average Bonchev–Trinajstić information content (AvgIpc) is 3.53. The second-order valence-electron chi connectivity index (χ2n) is 9.85. The Hall–Kier alpha value is -3.01. The number of nitrogens with zero attached hydrogens (tertiary/aromatic N) is 5. The summed E-state index contributed by atoms with van der Waals surface area (Å²) < 4.78 is 35.7. The third-order valence-corrected chi connectivity index (χ3v) is 9.34. The Morgan fingerprint density at radius 2 is 1.72 bits per heavy atom. The molecular weight excluding hydrogens is 474 g/mol. The predicted octanol–water partition coefficient (Wildman–Crippen LogP) is 4.03. The molecule has 2 aliphatic rings. The van der Waals surface area contributed by atoms with Gasteiger partial charge in [0.25, 0.3) is 10.0 Å². The van der Waals surface area contributed by atoms with E-state index in [0.29, 0.717) is 17.6 Å². The maximum absolute atomic E-state index is 13.6. The first-order chi connectivity index (χ1) is 17.5. The number of fused-ring (bicyclic) bond motifs is 1. The highest BCUT2D eigenvalue weighted by molar-refractivity contribution is 7.90. The Morgan fingerprint density at radius 1 is 0.972 bits per heavy atom. The molecule has 1 saturated carbocycles. The van der Waals surface area contributed by atoms with Crippen LogP contribution in [-0.4, -0.2) is 64.4 Å². The van der Waals surface area contributed by atoms with E-state index < -0.39 is 10.0 Å². The number of morpholine rings is 1. The monoisotopic (exact) mass is 505 g/mol. The second kappa shape index (κ2) is 9.46. The summed E-state index contributed by atoms with van der Waals surface area (Å²) in [6.07, 6.45) is 11.8. The van der Waals surface area contributed by atoms with Crippen LogP contribution in [0.1, 0.15) is 37.2 Å². The summed E-state index contributed by atoms with van der Waals surface area (Å²) >= 11 is 0. The predicted molar refractivity (Wildman–Crippen MR) is 138 cm³/mol. The van der Waals surface area contributed by atoms with Gasteiger partial charge in [0, 0.05) is 61.3 Å². The molecule has 1 saturated heterocycles. The summed E-state index contributed by atoms with van der Waals surface area (Å²) in [5.41, 5.74) is 3.33. The average molecular weight is 506 g/mol. The van der Waals surface area contributed by atoms with Crippen molar-refractivity contribution in [3.8, 4) is 11.1 Å². The lowest BCUT2D eigenvalue weighted by Crippen LogP contribution is -2.44. The van der Waals surface area contributed by atoms with Crippen LogP contribution in [0.5, 0.6) is 0 Å². The zero-order valence-electron chi connectivity index (χ0n) is 20.5. The number of rotatable bonds is 5. The number of hydrogen-bond donors (Lipinski definition) is 0. The van der Waals surface area contributed by atoms with Crippen LogP contribution in [0.2, 0.25) is 0 Å². The molecule has 0 amide bonds. The van der Waals surface area contributed by atoms with Gasteiger partial charge in [0.2, 0.25) is 0 Å². The van der Waals surface area contributed by atoms with E-state index in [1.54, 1.807) is 41.3 Å². The normalized spacial score (nSPS) is 21.7. The van der Waals surface area contributed by atoms with Crippen LogP contribution in [0.3, 0.4) is 0 Å². The van der Waals surface area contributed by atoms with Crippen molar-refractivity contribution in [2.45, 2.75) is 42.5 Å². The molecule has 2 fully saturated rings. The third-order valence-electron chi connectivity index (χ3n) is 7.68. The summed E-state index contributed by atoms with van der Waals surface area (Å²) in [7, 11) is -1.93. The Morgan fingerprint density at radius 3 is 2.42 bits per heavy atom. The van der Waals surface area contributed by atoms with Crippen molar-refractivity contribution in [3.05, 3.63) is 66.7 Å². The van der Waals surface area contributed by atoms with Crippen molar-refractivity contribution in [1.82, 2.24) is 23.6 Å². The topological polar surface area (TPSA) is 82.2 Å². The molecule has 9 heteroatoms. The number of aryl methyl sites for hydroxylation is 1.